The number of aromatic nitrogens is 3. The monoisotopic (exact) mass is 503 g/mol. The van der Waals surface area contributed by atoms with Crippen LogP contribution in [0, 0.1) is 11.0 Å². The van der Waals surface area contributed by atoms with Gasteiger partial charge in [-0.2, -0.15) is 5.10 Å². The van der Waals surface area contributed by atoms with Crippen molar-refractivity contribution in [2.45, 2.75) is 31.4 Å². The summed E-state index contributed by atoms with van der Waals surface area (Å²) >= 11 is 0. The van der Waals surface area contributed by atoms with Crippen LogP contribution >= 0.6 is 0 Å². The Balaban J connectivity index is 1.50. The predicted octanol–water partition coefficient (Wildman–Crippen LogP) is 5.08. The van der Waals surface area contributed by atoms with Crippen molar-refractivity contribution >= 4 is 16.8 Å². The number of amides is 1. The van der Waals surface area contributed by atoms with E-state index in [0.717, 1.165) is 34.9 Å². The van der Waals surface area contributed by atoms with E-state index in [9.17, 15) is 14.4 Å². The molecule has 5 rings (SSSR count). The van der Waals surface area contributed by atoms with Gasteiger partial charge in [-0.15, -0.1) is 0 Å². The number of carbonyl (C=O) groups excluding carboxylic acids is 1. The maximum atomic E-state index is 13.9. The summed E-state index contributed by atoms with van der Waals surface area (Å²) in [7, 11) is 4.90. The molecule has 0 unspecified atom stereocenters. The van der Waals surface area contributed by atoms with Crippen molar-refractivity contribution in [1.29, 1.82) is 0 Å². The number of quaternary nitrogens is 1. The van der Waals surface area contributed by atoms with Crippen LogP contribution in [-0.4, -0.2) is 64.4 Å². The molecule has 192 valence electrons. The van der Waals surface area contributed by atoms with Gasteiger partial charge in [0.25, 0.3) is 5.91 Å². The minimum absolute atomic E-state index is 0.101. The minimum Gasteiger partial charge on any atom is -0.633 e. The number of pyridine rings is 1. The van der Waals surface area contributed by atoms with E-state index in [1.54, 1.807) is 68.9 Å². The lowest BCUT2D eigenvalue weighted by Gasteiger charge is -2.37. The average Bonchev–Trinajstić information content (AvgIpc) is 3.54. The Labute approximate surface area is 214 Å². The van der Waals surface area contributed by atoms with E-state index in [4.69, 9.17) is 4.74 Å². The normalized spacial score (nSPS) is 14.5. The van der Waals surface area contributed by atoms with Crippen molar-refractivity contribution in [3.8, 4) is 16.9 Å². The average molecular weight is 504 g/mol. The Bertz CT molecular complexity index is 1430. The Kier molecular flexibility index (Phi) is 6.66. The van der Waals surface area contributed by atoms with Gasteiger partial charge in [0.05, 0.1) is 44.5 Å². The van der Waals surface area contributed by atoms with E-state index in [1.165, 1.54) is 12.1 Å². The summed E-state index contributed by atoms with van der Waals surface area (Å²) in [6.07, 6.45) is 7.55. The second kappa shape index (κ2) is 9.91. The van der Waals surface area contributed by atoms with Crippen LogP contribution in [0.3, 0.4) is 0 Å². The first-order chi connectivity index (χ1) is 17.7. The van der Waals surface area contributed by atoms with E-state index in [-0.39, 0.29) is 17.8 Å². The number of halogens is 1. The van der Waals surface area contributed by atoms with Gasteiger partial charge in [-0.3, -0.25) is 14.9 Å². The highest BCUT2D eigenvalue weighted by molar-refractivity contribution is 5.96. The standard InChI is InChI=1S/C28H30FN5O3/c1-33(25(11-12-34(2,3)36)24-17-30-15-20-16-31-32-27(20)24)28(35)19-7-10-23(18-5-4-6-21(29)13-18)26(14-19)37-22-8-9-22/h4-7,10,13-17,22,25H,8-9,11-12H2,1-3H3,(H,31,32)/t25-/m1/s1. The van der Waals surface area contributed by atoms with Crippen molar-refractivity contribution in [3.63, 3.8) is 0 Å². The number of nitrogens with one attached hydrogen (secondary N) is 1. The van der Waals surface area contributed by atoms with E-state index in [2.05, 4.69) is 15.2 Å². The predicted molar refractivity (Wildman–Crippen MR) is 139 cm³/mol. The first kappa shape index (κ1) is 24.9. The maximum absolute atomic E-state index is 13.9. The fraction of sp³-hybridized carbons (Fsp3) is 0.321. The van der Waals surface area contributed by atoms with Crippen LogP contribution in [0.5, 0.6) is 5.75 Å². The van der Waals surface area contributed by atoms with Crippen LogP contribution in [0.1, 0.15) is 41.2 Å². The second-order valence-corrected chi connectivity index (χ2v) is 10.1. The molecule has 0 spiro atoms. The molecule has 1 atom stereocenters. The number of hydroxylamine groups is 3. The molecule has 0 radical (unpaired) electrons. The topological polar surface area (TPSA) is 94.2 Å². The number of hydrogen-bond acceptors (Lipinski definition) is 5. The summed E-state index contributed by atoms with van der Waals surface area (Å²) in [4.78, 5) is 19.8. The molecule has 0 bridgehead atoms. The molecule has 37 heavy (non-hydrogen) atoms. The molecule has 1 aliphatic rings. The Morgan fingerprint density at radius 1 is 1.22 bits per heavy atom. The third kappa shape index (κ3) is 5.63. The van der Waals surface area contributed by atoms with E-state index >= 15 is 0 Å². The second-order valence-electron chi connectivity index (χ2n) is 10.1. The molecule has 1 saturated carbocycles. The Morgan fingerprint density at radius 3 is 2.76 bits per heavy atom. The first-order valence-electron chi connectivity index (χ1n) is 12.3. The summed E-state index contributed by atoms with van der Waals surface area (Å²) in [6.45, 7) is 0.307. The molecular weight excluding hydrogens is 473 g/mol. The molecule has 9 heteroatoms. The zero-order valence-corrected chi connectivity index (χ0v) is 21.1. The number of benzene rings is 2. The highest BCUT2D eigenvalue weighted by atomic mass is 19.1. The van der Waals surface area contributed by atoms with Gasteiger partial charge < -0.3 is 19.5 Å². The first-order valence-corrected chi connectivity index (χ1v) is 12.3. The van der Waals surface area contributed by atoms with Crippen LogP contribution in [-0.2, 0) is 0 Å². The molecule has 1 fully saturated rings. The van der Waals surface area contributed by atoms with Gasteiger partial charge >= 0.3 is 0 Å². The van der Waals surface area contributed by atoms with E-state index in [1.807, 2.05) is 6.07 Å². The van der Waals surface area contributed by atoms with Crippen molar-refractivity contribution in [2.75, 3.05) is 27.7 Å². The van der Waals surface area contributed by atoms with Crippen LogP contribution in [0.15, 0.2) is 61.1 Å². The van der Waals surface area contributed by atoms with Crippen LogP contribution < -0.4 is 4.74 Å². The summed E-state index contributed by atoms with van der Waals surface area (Å²) in [6, 6.07) is 11.2. The van der Waals surface area contributed by atoms with Crippen LogP contribution in [0.4, 0.5) is 4.39 Å². The molecule has 1 aliphatic carbocycles. The number of aromatic amines is 1. The fourth-order valence-electron chi connectivity index (χ4n) is 4.49. The summed E-state index contributed by atoms with van der Waals surface area (Å²) in [5.41, 5.74) is 3.46. The highest BCUT2D eigenvalue weighted by Gasteiger charge is 2.29. The lowest BCUT2D eigenvalue weighted by atomic mass is 9.99. The van der Waals surface area contributed by atoms with Crippen molar-refractivity contribution < 1.29 is 18.6 Å². The van der Waals surface area contributed by atoms with Crippen molar-refractivity contribution in [2.24, 2.45) is 0 Å². The zero-order valence-electron chi connectivity index (χ0n) is 21.1. The number of nitrogens with zero attached hydrogens (tertiary/aromatic N) is 4. The molecule has 1 amide bonds. The van der Waals surface area contributed by atoms with Crippen molar-refractivity contribution in [1.82, 2.24) is 20.1 Å². The number of H-pyrrole nitrogens is 1. The van der Waals surface area contributed by atoms with Gasteiger partial charge in [0.1, 0.15) is 11.6 Å². The molecule has 1 N–H and O–H groups in total. The molecule has 2 aromatic carbocycles. The third-order valence-corrected chi connectivity index (χ3v) is 6.65. The lowest BCUT2D eigenvalue weighted by molar-refractivity contribution is -0.840. The third-order valence-electron chi connectivity index (χ3n) is 6.65. The van der Waals surface area contributed by atoms with E-state index < -0.39 is 10.7 Å². The van der Waals surface area contributed by atoms with Gasteiger partial charge in [-0.25, -0.2) is 4.39 Å². The van der Waals surface area contributed by atoms with Gasteiger partial charge in [-0.05, 0) is 48.7 Å². The van der Waals surface area contributed by atoms with Gasteiger partial charge in [-0.1, -0.05) is 12.1 Å². The lowest BCUT2D eigenvalue weighted by Crippen LogP contribution is -2.38. The molecule has 2 aromatic heterocycles. The number of carbonyl (C=O) groups is 1. The van der Waals surface area contributed by atoms with Gasteiger partial charge in [0.15, 0.2) is 0 Å². The van der Waals surface area contributed by atoms with Crippen LogP contribution in [0.25, 0.3) is 22.0 Å². The fourth-order valence-corrected chi connectivity index (χ4v) is 4.49. The largest absolute Gasteiger partial charge is 0.633 e. The summed E-state index contributed by atoms with van der Waals surface area (Å²) in [5.74, 6) is 0.00153. The smallest absolute Gasteiger partial charge is 0.254 e. The quantitative estimate of drug-likeness (QED) is 0.254. The summed E-state index contributed by atoms with van der Waals surface area (Å²) in [5, 5.41) is 20.4. The zero-order chi connectivity index (χ0) is 26.2. The summed E-state index contributed by atoms with van der Waals surface area (Å²) < 4.78 is 19.6. The number of fused-ring (bicyclic) bond motifs is 1. The molecule has 2 heterocycles. The molecule has 8 nitrogen and oxygen atoms in total. The van der Waals surface area contributed by atoms with E-state index in [0.29, 0.717) is 29.8 Å². The maximum Gasteiger partial charge on any atom is 0.254 e. The molecular formula is C28H30FN5O3. The molecule has 4 aromatic rings. The van der Waals surface area contributed by atoms with Crippen LogP contribution in [0.2, 0.25) is 0 Å². The van der Waals surface area contributed by atoms with Crippen molar-refractivity contribution in [3.05, 3.63) is 83.2 Å². The Hall–Kier alpha value is -3.82. The SMILES string of the molecule is CN(C(=O)c1ccc(-c2cccc(F)c2)c(OC2CC2)c1)[C@H](CC[N+](C)(C)[O-])c1cncc2cn[nH]c12. The molecule has 0 aliphatic heterocycles. The van der Waals surface area contributed by atoms with Gasteiger partial charge in [0.2, 0.25) is 0 Å². The number of rotatable bonds is 9. The Morgan fingerprint density at radius 2 is 2.03 bits per heavy atom. The highest BCUT2D eigenvalue weighted by Crippen LogP contribution is 2.37. The molecule has 0 saturated heterocycles. The number of hydrogen-bond donors (Lipinski definition) is 1. The minimum atomic E-state index is -0.480. The van der Waals surface area contributed by atoms with Gasteiger partial charge in [0, 0.05) is 47.9 Å². The number of ether oxygens (including phenoxy) is 1.